The van der Waals surface area contributed by atoms with Gasteiger partial charge in [0.15, 0.2) is 11.5 Å². The first kappa shape index (κ1) is 14.5. The average molecular weight is 252 g/mol. The lowest BCUT2D eigenvalue weighted by Crippen LogP contribution is -2.21. The predicted molar refractivity (Wildman–Crippen MR) is 71.7 cm³/mol. The average Bonchev–Trinajstić information content (AvgIpc) is 2.38. The van der Waals surface area contributed by atoms with Gasteiger partial charge in [-0.1, -0.05) is 6.07 Å². The Morgan fingerprint density at radius 2 is 2.22 bits per heavy atom. The first-order valence-corrected chi connectivity index (χ1v) is 6.05. The van der Waals surface area contributed by atoms with Crippen molar-refractivity contribution in [3.8, 4) is 11.5 Å². The molecule has 1 aromatic carbocycles. The molecule has 0 saturated heterocycles. The lowest BCUT2D eigenvalue weighted by molar-refractivity contribution is 0.293. The number of para-hydroxylation sites is 1. The van der Waals surface area contributed by atoms with Crippen molar-refractivity contribution < 1.29 is 14.9 Å². The van der Waals surface area contributed by atoms with Crippen LogP contribution in [0.5, 0.6) is 11.5 Å². The summed E-state index contributed by atoms with van der Waals surface area (Å²) < 4.78 is 5.28. The summed E-state index contributed by atoms with van der Waals surface area (Å²) in [6, 6.07) is 5.32. The molecule has 18 heavy (non-hydrogen) atoms. The van der Waals surface area contributed by atoms with Gasteiger partial charge in [-0.15, -0.1) is 0 Å². The van der Waals surface area contributed by atoms with E-state index in [-0.39, 0.29) is 12.4 Å². The van der Waals surface area contributed by atoms with Gasteiger partial charge in [0.25, 0.3) is 0 Å². The maximum absolute atomic E-state index is 9.90. The molecule has 0 spiro atoms. The van der Waals surface area contributed by atoms with Gasteiger partial charge in [-0.05, 0) is 19.1 Å². The molecule has 0 aliphatic carbocycles. The number of hydrogen-bond acceptors (Lipinski definition) is 5. The zero-order valence-corrected chi connectivity index (χ0v) is 10.6. The van der Waals surface area contributed by atoms with E-state index in [1.807, 2.05) is 13.0 Å². The van der Waals surface area contributed by atoms with Gasteiger partial charge in [0.1, 0.15) is 0 Å². The van der Waals surface area contributed by atoms with Gasteiger partial charge in [0, 0.05) is 24.9 Å². The Kier molecular flexibility index (Phi) is 6.83. The third-order valence-electron chi connectivity index (χ3n) is 2.27. The van der Waals surface area contributed by atoms with Crippen molar-refractivity contribution in [1.82, 2.24) is 5.32 Å². The Labute approximate surface area is 107 Å². The SMILES string of the molecule is CCOc1cccc(C=NCCNCCO)c1O. The Bertz CT molecular complexity index is 380. The summed E-state index contributed by atoms with van der Waals surface area (Å²) in [4.78, 5) is 4.19. The molecule has 3 N–H and O–H groups in total. The fourth-order valence-electron chi connectivity index (χ4n) is 1.43. The minimum Gasteiger partial charge on any atom is -0.504 e. The minimum atomic E-state index is 0.117. The minimum absolute atomic E-state index is 0.117. The highest BCUT2D eigenvalue weighted by Crippen LogP contribution is 2.28. The van der Waals surface area contributed by atoms with E-state index in [1.165, 1.54) is 0 Å². The van der Waals surface area contributed by atoms with Crippen LogP contribution in [0.2, 0.25) is 0 Å². The molecular weight excluding hydrogens is 232 g/mol. The summed E-state index contributed by atoms with van der Waals surface area (Å²) in [5.41, 5.74) is 0.642. The van der Waals surface area contributed by atoms with Crippen LogP contribution in [0.4, 0.5) is 0 Å². The van der Waals surface area contributed by atoms with E-state index < -0.39 is 0 Å². The largest absolute Gasteiger partial charge is 0.504 e. The number of phenolic OH excluding ortho intramolecular Hbond substituents is 1. The number of hydrogen-bond donors (Lipinski definition) is 3. The molecule has 100 valence electrons. The van der Waals surface area contributed by atoms with Crippen LogP contribution in [-0.4, -0.2) is 49.3 Å². The van der Waals surface area contributed by atoms with Crippen LogP contribution in [0.15, 0.2) is 23.2 Å². The Morgan fingerprint density at radius 1 is 1.39 bits per heavy atom. The topological polar surface area (TPSA) is 74.1 Å². The molecule has 0 heterocycles. The van der Waals surface area contributed by atoms with E-state index in [4.69, 9.17) is 9.84 Å². The second-order valence-electron chi connectivity index (χ2n) is 3.64. The van der Waals surface area contributed by atoms with Crippen molar-refractivity contribution in [2.45, 2.75) is 6.92 Å². The third kappa shape index (κ3) is 4.73. The number of nitrogens with one attached hydrogen (secondary N) is 1. The van der Waals surface area contributed by atoms with Gasteiger partial charge in [-0.3, -0.25) is 4.99 Å². The predicted octanol–water partition coefficient (Wildman–Crippen LogP) is 0.792. The Balaban J connectivity index is 2.50. The number of aliphatic hydroxyl groups is 1. The van der Waals surface area contributed by atoms with Crippen LogP contribution >= 0.6 is 0 Å². The van der Waals surface area contributed by atoms with Gasteiger partial charge < -0.3 is 20.3 Å². The summed E-state index contributed by atoms with van der Waals surface area (Å²) in [5.74, 6) is 0.589. The van der Waals surface area contributed by atoms with Gasteiger partial charge in [0.05, 0.1) is 19.8 Å². The molecule has 0 radical (unpaired) electrons. The fourth-order valence-corrected chi connectivity index (χ4v) is 1.43. The van der Waals surface area contributed by atoms with Crippen LogP contribution in [0.25, 0.3) is 0 Å². The van der Waals surface area contributed by atoms with Gasteiger partial charge in [0.2, 0.25) is 0 Å². The molecule has 0 fully saturated rings. The molecule has 5 heteroatoms. The van der Waals surface area contributed by atoms with E-state index in [2.05, 4.69) is 10.3 Å². The van der Waals surface area contributed by atoms with E-state index in [9.17, 15) is 5.11 Å². The van der Waals surface area contributed by atoms with E-state index in [1.54, 1.807) is 18.3 Å². The molecule has 5 nitrogen and oxygen atoms in total. The summed E-state index contributed by atoms with van der Waals surface area (Å²) >= 11 is 0. The normalized spacial score (nSPS) is 11.0. The maximum atomic E-state index is 9.90. The molecule has 0 aromatic heterocycles. The molecule has 0 saturated carbocycles. The zero-order valence-electron chi connectivity index (χ0n) is 10.6. The Morgan fingerprint density at radius 3 is 2.94 bits per heavy atom. The van der Waals surface area contributed by atoms with Gasteiger partial charge >= 0.3 is 0 Å². The van der Waals surface area contributed by atoms with Crippen molar-refractivity contribution in [1.29, 1.82) is 0 Å². The maximum Gasteiger partial charge on any atom is 0.166 e. The third-order valence-corrected chi connectivity index (χ3v) is 2.27. The first-order chi connectivity index (χ1) is 8.79. The van der Waals surface area contributed by atoms with Gasteiger partial charge in [-0.25, -0.2) is 0 Å². The number of aliphatic hydroxyl groups excluding tert-OH is 1. The van der Waals surface area contributed by atoms with E-state index in [0.717, 1.165) is 0 Å². The number of benzene rings is 1. The smallest absolute Gasteiger partial charge is 0.166 e. The van der Waals surface area contributed by atoms with Crippen LogP contribution in [0.3, 0.4) is 0 Å². The molecule has 0 aliphatic rings. The highest BCUT2D eigenvalue weighted by molar-refractivity contribution is 5.84. The van der Waals surface area contributed by atoms with Crippen molar-refractivity contribution in [2.75, 3.05) is 32.8 Å². The molecule has 1 rings (SSSR count). The monoisotopic (exact) mass is 252 g/mol. The van der Waals surface area contributed by atoms with E-state index in [0.29, 0.717) is 37.6 Å². The highest BCUT2D eigenvalue weighted by Gasteiger charge is 2.05. The van der Waals surface area contributed by atoms with Crippen molar-refractivity contribution in [3.05, 3.63) is 23.8 Å². The van der Waals surface area contributed by atoms with E-state index >= 15 is 0 Å². The van der Waals surface area contributed by atoms with Crippen molar-refractivity contribution in [2.24, 2.45) is 4.99 Å². The summed E-state index contributed by atoms with van der Waals surface area (Å²) in [6.07, 6.45) is 1.62. The standard InChI is InChI=1S/C13H20N2O3/c1-2-18-12-5-3-4-11(13(12)17)10-15-7-6-14-8-9-16/h3-5,10,14,16-17H,2,6-9H2,1H3. The van der Waals surface area contributed by atoms with Crippen LogP contribution in [0, 0.1) is 0 Å². The number of nitrogens with zero attached hydrogens (tertiary/aromatic N) is 1. The number of rotatable bonds is 8. The lowest BCUT2D eigenvalue weighted by atomic mass is 10.2. The number of phenols is 1. The molecular formula is C13H20N2O3. The van der Waals surface area contributed by atoms with Crippen molar-refractivity contribution in [3.63, 3.8) is 0 Å². The molecule has 1 aromatic rings. The van der Waals surface area contributed by atoms with Crippen LogP contribution in [-0.2, 0) is 0 Å². The first-order valence-electron chi connectivity index (χ1n) is 6.05. The highest BCUT2D eigenvalue weighted by atomic mass is 16.5. The summed E-state index contributed by atoms with van der Waals surface area (Å²) in [7, 11) is 0. The molecule has 0 unspecified atom stereocenters. The quantitative estimate of drug-likeness (QED) is 0.472. The number of aromatic hydroxyl groups is 1. The van der Waals surface area contributed by atoms with Crippen LogP contribution in [0.1, 0.15) is 12.5 Å². The second kappa shape index (κ2) is 8.49. The zero-order chi connectivity index (χ0) is 13.2. The molecule has 0 bridgehead atoms. The second-order valence-corrected chi connectivity index (χ2v) is 3.64. The number of aliphatic imine (C=N–C) groups is 1. The van der Waals surface area contributed by atoms with Crippen molar-refractivity contribution >= 4 is 6.21 Å². The van der Waals surface area contributed by atoms with Crippen LogP contribution < -0.4 is 10.1 Å². The Hall–Kier alpha value is -1.59. The fraction of sp³-hybridized carbons (Fsp3) is 0.462. The molecule has 0 aliphatic heterocycles. The molecule has 0 amide bonds. The summed E-state index contributed by atoms with van der Waals surface area (Å²) in [6.45, 7) is 4.37. The lowest BCUT2D eigenvalue weighted by Gasteiger charge is -2.07. The van der Waals surface area contributed by atoms with Gasteiger partial charge in [-0.2, -0.15) is 0 Å². The summed E-state index contributed by atoms with van der Waals surface area (Å²) in [5, 5.41) is 21.5. The molecule has 0 atom stereocenters. The number of ether oxygens (including phenoxy) is 1.